The normalized spacial score (nSPS) is 21.9. The Labute approximate surface area is 100.0 Å². The van der Waals surface area contributed by atoms with Gasteiger partial charge in [-0.05, 0) is 6.42 Å². The molecule has 0 aromatic heterocycles. The fraction of sp³-hybridized carbons (Fsp3) is 0.727. The Morgan fingerprint density at radius 2 is 2.44 bits per heavy atom. The molecule has 0 aliphatic carbocycles. The van der Waals surface area contributed by atoms with E-state index in [4.69, 9.17) is 5.26 Å². The molecule has 0 saturated carbocycles. The average molecular weight is 240 g/mol. The third kappa shape index (κ3) is 3.24. The highest BCUT2D eigenvalue weighted by Gasteiger charge is 2.34. The van der Waals surface area contributed by atoms with Crippen LogP contribution in [0.5, 0.6) is 0 Å². The number of nitriles is 1. The molecule has 88 valence electrons. The molecular weight excluding hydrogens is 224 g/mol. The zero-order valence-electron chi connectivity index (χ0n) is 9.60. The van der Waals surface area contributed by atoms with Crippen LogP contribution in [0.2, 0.25) is 0 Å². The standard InChI is InChI=1S/C11H16N2O2S/c1-3-9(4-5-12)13-7-10(6-11(13)15)16-8(2)14/h9-10H,3-4,6-7H2,1-2H3. The highest BCUT2D eigenvalue weighted by Crippen LogP contribution is 2.27. The van der Waals surface area contributed by atoms with Crippen LogP contribution in [0.15, 0.2) is 0 Å². The van der Waals surface area contributed by atoms with E-state index in [0.29, 0.717) is 19.4 Å². The molecule has 0 aromatic carbocycles. The molecule has 1 fully saturated rings. The van der Waals surface area contributed by atoms with Gasteiger partial charge in [0.25, 0.3) is 0 Å². The number of likely N-dealkylation sites (tertiary alicyclic amines) is 1. The van der Waals surface area contributed by atoms with Crippen molar-refractivity contribution in [2.24, 2.45) is 0 Å². The van der Waals surface area contributed by atoms with Gasteiger partial charge in [0.15, 0.2) is 5.12 Å². The minimum absolute atomic E-state index is 0.00931. The molecule has 2 atom stereocenters. The van der Waals surface area contributed by atoms with E-state index in [1.54, 1.807) is 4.90 Å². The molecule has 1 amide bonds. The minimum Gasteiger partial charge on any atom is -0.338 e. The van der Waals surface area contributed by atoms with Crippen LogP contribution in [0.3, 0.4) is 0 Å². The molecule has 4 nitrogen and oxygen atoms in total. The maximum absolute atomic E-state index is 11.7. The summed E-state index contributed by atoms with van der Waals surface area (Å²) in [7, 11) is 0. The average Bonchev–Trinajstić information content (AvgIpc) is 2.55. The molecule has 1 heterocycles. The zero-order chi connectivity index (χ0) is 12.1. The van der Waals surface area contributed by atoms with Gasteiger partial charge in [-0.3, -0.25) is 9.59 Å². The second-order valence-electron chi connectivity index (χ2n) is 3.91. The SMILES string of the molecule is CCC(CC#N)N1CC(SC(C)=O)CC1=O. The number of rotatable bonds is 4. The first kappa shape index (κ1) is 13.0. The number of thioether (sulfide) groups is 1. The predicted molar refractivity (Wildman–Crippen MR) is 62.7 cm³/mol. The van der Waals surface area contributed by atoms with Crippen LogP contribution in [0.25, 0.3) is 0 Å². The number of nitrogens with zero attached hydrogens (tertiary/aromatic N) is 2. The fourth-order valence-electron chi connectivity index (χ4n) is 1.94. The summed E-state index contributed by atoms with van der Waals surface area (Å²) in [6.07, 6.45) is 1.59. The van der Waals surface area contributed by atoms with E-state index in [2.05, 4.69) is 6.07 Å². The second-order valence-corrected chi connectivity index (χ2v) is 5.38. The summed E-state index contributed by atoms with van der Waals surface area (Å²) >= 11 is 1.23. The maximum atomic E-state index is 11.7. The quantitative estimate of drug-likeness (QED) is 0.748. The largest absolute Gasteiger partial charge is 0.338 e. The molecule has 1 aliphatic heterocycles. The Hall–Kier alpha value is -1.02. The first-order valence-electron chi connectivity index (χ1n) is 5.42. The van der Waals surface area contributed by atoms with Crippen LogP contribution in [0, 0.1) is 11.3 Å². The van der Waals surface area contributed by atoms with Gasteiger partial charge < -0.3 is 4.90 Å². The second kappa shape index (κ2) is 5.90. The smallest absolute Gasteiger partial charge is 0.224 e. The van der Waals surface area contributed by atoms with Gasteiger partial charge in [-0.1, -0.05) is 18.7 Å². The van der Waals surface area contributed by atoms with E-state index in [1.165, 1.54) is 18.7 Å². The number of hydrogen-bond donors (Lipinski definition) is 0. The van der Waals surface area contributed by atoms with Crippen molar-refractivity contribution in [2.75, 3.05) is 6.54 Å². The molecule has 1 rings (SSSR count). The predicted octanol–water partition coefficient (Wildman–Crippen LogP) is 1.56. The van der Waals surface area contributed by atoms with E-state index in [0.717, 1.165) is 6.42 Å². The molecule has 0 N–H and O–H groups in total. The zero-order valence-corrected chi connectivity index (χ0v) is 10.4. The lowest BCUT2D eigenvalue weighted by Gasteiger charge is -2.24. The lowest BCUT2D eigenvalue weighted by molar-refractivity contribution is -0.129. The summed E-state index contributed by atoms with van der Waals surface area (Å²) in [6, 6.07) is 2.11. The first-order chi connectivity index (χ1) is 7.58. The van der Waals surface area contributed by atoms with Crippen LogP contribution in [-0.2, 0) is 9.59 Å². The van der Waals surface area contributed by atoms with E-state index in [-0.39, 0.29) is 22.3 Å². The van der Waals surface area contributed by atoms with Gasteiger partial charge in [-0.2, -0.15) is 5.26 Å². The first-order valence-corrected chi connectivity index (χ1v) is 6.30. The molecule has 2 unspecified atom stereocenters. The third-order valence-electron chi connectivity index (χ3n) is 2.69. The molecule has 0 bridgehead atoms. The highest BCUT2D eigenvalue weighted by molar-refractivity contribution is 8.14. The molecule has 1 saturated heterocycles. The molecular formula is C11H16N2O2S. The summed E-state index contributed by atoms with van der Waals surface area (Å²) in [5.74, 6) is 0.0702. The monoisotopic (exact) mass is 240 g/mol. The van der Waals surface area contributed by atoms with E-state index in [1.807, 2.05) is 6.92 Å². The molecule has 0 radical (unpaired) electrons. The lowest BCUT2D eigenvalue weighted by atomic mass is 10.1. The van der Waals surface area contributed by atoms with E-state index in [9.17, 15) is 9.59 Å². The summed E-state index contributed by atoms with van der Waals surface area (Å²) < 4.78 is 0. The number of hydrogen-bond acceptors (Lipinski definition) is 4. The molecule has 1 aliphatic rings. The Bertz CT molecular complexity index is 324. The van der Waals surface area contributed by atoms with Gasteiger partial charge in [0, 0.05) is 31.2 Å². The van der Waals surface area contributed by atoms with Crippen molar-refractivity contribution in [1.82, 2.24) is 4.90 Å². The molecule has 16 heavy (non-hydrogen) atoms. The van der Waals surface area contributed by atoms with Gasteiger partial charge in [-0.25, -0.2) is 0 Å². The van der Waals surface area contributed by atoms with E-state index < -0.39 is 0 Å². The topological polar surface area (TPSA) is 61.2 Å². The van der Waals surface area contributed by atoms with Crippen molar-refractivity contribution < 1.29 is 9.59 Å². The number of amides is 1. The van der Waals surface area contributed by atoms with Crippen molar-refractivity contribution in [2.45, 2.75) is 44.4 Å². The summed E-state index contributed by atoms with van der Waals surface area (Å²) in [5.41, 5.74) is 0. The summed E-state index contributed by atoms with van der Waals surface area (Å²) in [6.45, 7) is 4.09. The van der Waals surface area contributed by atoms with Crippen LogP contribution in [0.4, 0.5) is 0 Å². The van der Waals surface area contributed by atoms with Crippen molar-refractivity contribution in [3.63, 3.8) is 0 Å². The Morgan fingerprint density at radius 3 is 2.94 bits per heavy atom. The lowest BCUT2D eigenvalue weighted by Crippen LogP contribution is -2.36. The van der Waals surface area contributed by atoms with Crippen molar-refractivity contribution in [1.29, 1.82) is 5.26 Å². The molecule has 0 aromatic rings. The van der Waals surface area contributed by atoms with Crippen molar-refractivity contribution >= 4 is 22.8 Å². The van der Waals surface area contributed by atoms with Gasteiger partial charge >= 0.3 is 0 Å². The fourth-order valence-corrected chi connectivity index (χ4v) is 2.87. The Kier molecular flexibility index (Phi) is 4.81. The highest BCUT2D eigenvalue weighted by atomic mass is 32.2. The number of carbonyl (C=O) groups excluding carboxylic acids is 2. The maximum Gasteiger partial charge on any atom is 0.224 e. The van der Waals surface area contributed by atoms with Crippen LogP contribution in [-0.4, -0.2) is 33.8 Å². The van der Waals surface area contributed by atoms with E-state index >= 15 is 0 Å². The van der Waals surface area contributed by atoms with Gasteiger partial charge in [0.2, 0.25) is 5.91 Å². The van der Waals surface area contributed by atoms with Crippen LogP contribution >= 0.6 is 11.8 Å². The molecule has 5 heteroatoms. The summed E-state index contributed by atoms with van der Waals surface area (Å²) in [4.78, 5) is 24.4. The summed E-state index contributed by atoms with van der Waals surface area (Å²) in [5, 5.41) is 8.79. The minimum atomic E-state index is 0.00931. The Balaban J connectivity index is 2.59. The van der Waals surface area contributed by atoms with Gasteiger partial charge in [0.1, 0.15) is 0 Å². The van der Waals surface area contributed by atoms with Crippen LogP contribution < -0.4 is 0 Å². The van der Waals surface area contributed by atoms with Gasteiger partial charge in [0.05, 0.1) is 12.5 Å². The van der Waals surface area contributed by atoms with Crippen molar-refractivity contribution in [3.05, 3.63) is 0 Å². The molecule has 0 spiro atoms. The van der Waals surface area contributed by atoms with Gasteiger partial charge in [-0.15, -0.1) is 0 Å². The third-order valence-corrected chi connectivity index (χ3v) is 3.68. The Morgan fingerprint density at radius 1 is 1.75 bits per heavy atom. The number of carbonyl (C=O) groups is 2. The van der Waals surface area contributed by atoms with Crippen molar-refractivity contribution in [3.8, 4) is 6.07 Å². The van der Waals surface area contributed by atoms with Crippen LogP contribution in [0.1, 0.15) is 33.1 Å².